The summed E-state index contributed by atoms with van der Waals surface area (Å²) >= 11 is 0. The van der Waals surface area contributed by atoms with Crippen molar-refractivity contribution in [3.8, 4) is 0 Å². The van der Waals surface area contributed by atoms with Crippen LogP contribution in [0.25, 0.3) is 0 Å². The third kappa shape index (κ3) is 3.25. The Hall–Kier alpha value is -0.970. The molecule has 2 unspecified atom stereocenters. The Bertz CT molecular complexity index is 331. The molecule has 4 nitrogen and oxygen atoms in total. The van der Waals surface area contributed by atoms with Crippen LogP contribution in [0.1, 0.15) is 18.9 Å². The van der Waals surface area contributed by atoms with Crippen LogP contribution in [0, 0.1) is 0 Å². The highest BCUT2D eigenvalue weighted by Gasteiger charge is 2.27. The van der Waals surface area contributed by atoms with Gasteiger partial charge in [-0.3, -0.25) is 9.88 Å². The first-order chi connectivity index (χ1) is 8.31. The van der Waals surface area contributed by atoms with Crippen molar-refractivity contribution in [2.24, 2.45) is 5.73 Å². The predicted octanol–water partition coefficient (Wildman–Crippen LogP) is 1.02. The maximum Gasteiger partial charge on any atom is 0.0637 e. The van der Waals surface area contributed by atoms with Crippen LogP contribution in [0.3, 0.4) is 0 Å². The maximum atomic E-state index is 6.18. The summed E-state index contributed by atoms with van der Waals surface area (Å²) in [7, 11) is 0. The van der Waals surface area contributed by atoms with Gasteiger partial charge in [-0.05, 0) is 30.7 Å². The number of nitrogens with zero attached hydrogens (tertiary/aromatic N) is 2. The van der Waals surface area contributed by atoms with Crippen LogP contribution in [0.5, 0.6) is 0 Å². The summed E-state index contributed by atoms with van der Waals surface area (Å²) in [6.45, 7) is 5.62. The number of nitrogens with two attached hydrogens (primary N) is 1. The number of rotatable bonds is 4. The van der Waals surface area contributed by atoms with Crippen LogP contribution < -0.4 is 5.73 Å². The molecule has 4 heteroatoms. The lowest BCUT2D eigenvalue weighted by Crippen LogP contribution is -2.53. The first kappa shape index (κ1) is 12.5. The lowest BCUT2D eigenvalue weighted by Gasteiger charge is -2.37. The summed E-state index contributed by atoms with van der Waals surface area (Å²) < 4.78 is 5.54. The average molecular weight is 235 g/mol. The molecule has 0 bridgehead atoms. The Labute approximate surface area is 103 Å². The van der Waals surface area contributed by atoms with Crippen molar-refractivity contribution in [3.05, 3.63) is 30.1 Å². The fraction of sp³-hybridized carbons (Fsp3) is 0.615. The molecule has 0 aliphatic carbocycles. The highest BCUT2D eigenvalue weighted by molar-refractivity contribution is 5.09. The molecule has 1 aromatic rings. The van der Waals surface area contributed by atoms with Crippen molar-refractivity contribution >= 4 is 0 Å². The minimum absolute atomic E-state index is 0.227. The van der Waals surface area contributed by atoms with Crippen LogP contribution in [0.15, 0.2) is 24.5 Å². The van der Waals surface area contributed by atoms with Gasteiger partial charge in [0.15, 0.2) is 0 Å². The molecule has 0 radical (unpaired) electrons. The molecule has 1 aliphatic rings. The molecule has 1 aliphatic heterocycles. The average Bonchev–Trinajstić information content (AvgIpc) is 2.38. The molecule has 1 fully saturated rings. The molecule has 2 N–H and O–H groups in total. The van der Waals surface area contributed by atoms with Gasteiger partial charge >= 0.3 is 0 Å². The van der Waals surface area contributed by atoms with E-state index < -0.39 is 0 Å². The summed E-state index contributed by atoms with van der Waals surface area (Å²) in [5.41, 5.74) is 7.45. The van der Waals surface area contributed by atoms with Crippen molar-refractivity contribution in [2.45, 2.75) is 32.0 Å². The van der Waals surface area contributed by atoms with Crippen molar-refractivity contribution in [3.63, 3.8) is 0 Å². The standard InChI is InChI=1S/C13H21N3O/c1-2-16(9-11-3-6-15-7-4-11)13-10-17-8-5-12(13)14/h3-4,6-7,12-13H,2,5,8-10,14H2,1H3. The largest absolute Gasteiger partial charge is 0.380 e. The molecule has 0 amide bonds. The van der Waals surface area contributed by atoms with Crippen LogP contribution in [0.2, 0.25) is 0 Å². The van der Waals surface area contributed by atoms with Crippen molar-refractivity contribution in [1.29, 1.82) is 0 Å². The normalized spacial score (nSPS) is 25.1. The minimum Gasteiger partial charge on any atom is -0.380 e. The molecule has 0 aromatic carbocycles. The zero-order valence-electron chi connectivity index (χ0n) is 10.4. The smallest absolute Gasteiger partial charge is 0.0637 e. The van der Waals surface area contributed by atoms with Gasteiger partial charge in [0, 0.05) is 37.6 Å². The van der Waals surface area contributed by atoms with E-state index in [-0.39, 0.29) is 6.04 Å². The van der Waals surface area contributed by atoms with E-state index in [2.05, 4.69) is 28.9 Å². The summed E-state index contributed by atoms with van der Waals surface area (Å²) in [6, 6.07) is 4.67. The van der Waals surface area contributed by atoms with E-state index in [1.54, 1.807) is 0 Å². The highest BCUT2D eigenvalue weighted by atomic mass is 16.5. The van der Waals surface area contributed by atoms with E-state index in [9.17, 15) is 0 Å². The minimum atomic E-state index is 0.227. The topological polar surface area (TPSA) is 51.4 Å². The number of hydrogen-bond acceptors (Lipinski definition) is 4. The maximum absolute atomic E-state index is 6.18. The zero-order chi connectivity index (χ0) is 12.1. The van der Waals surface area contributed by atoms with Crippen LogP contribution in [-0.2, 0) is 11.3 Å². The Kier molecular flexibility index (Phi) is 4.48. The Morgan fingerprint density at radius 3 is 2.88 bits per heavy atom. The molecule has 94 valence electrons. The van der Waals surface area contributed by atoms with Gasteiger partial charge in [-0.1, -0.05) is 6.92 Å². The molecular weight excluding hydrogens is 214 g/mol. The van der Waals surface area contributed by atoms with Gasteiger partial charge < -0.3 is 10.5 Å². The van der Waals surface area contributed by atoms with Crippen molar-refractivity contribution in [1.82, 2.24) is 9.88 Å². The summed E-state index contributed by atoms with van der Waals surface area (Å²) in [4.78, 5) is 6.43. The second-order valence-electron chi connectivity index (χ2n) is 4.51. The van der Waals surface area contributed by atoms with Crippen molar-refractivity contribution in [2.75, 3.05) is 19.8 Å². The molecule has 1 saturated heterocycles. The van der Waals surface area contributed by atoms with E-state index in [1.165, 1.54) is 5.56 Å². The predicted molar refractivity (Wildman–Crippen MR) is 67.5 cm³/mol. The van der Waals surface area contributed by atoms with E-state index in [1.807, 2.05) is 12.4 Å². The first-order valence-electron chi connectivity index (χ1n) is 6.27. The van der Waals surface area contributed by atoms with Crippen molar-refractivity contribution < 1.29 is 4.74 Å². The molecule has 2 heterocycles. The Balaban J connectivity index is 2.00. The molecule has 1 aromatic heterocycles. The molecule has 0 saturated carbocycles. The Morgan fingerprint density at radius 1 is 1.47 bits per heavy atom. The van der Waals surface area contributed by atoms with Gasteiger partial charge in [0.25, 0.3) is 0 Å². The molecule has 0 spiro atoms. The van der Waals surface area contributed by atoms with Gasteiger partial charge in [-0.15, -0.1) is 0 Å². The van der Waals surface area contributed by atoms with Gasteiger partial charge in [0.1, 0.15) is 0 Å². The number of pyridine rings is 1. The lowest BCUT2D eigenvalue weighted by molar-refractivity contribution is 0.00451. The number of aromatic nitrogens is 1. The molecule has 2 atom stereocenters. The second-order valence-corrected chi connectivity index (χ2v) is 4.51. The Morgan fingerprint density at radius 2 is 2.24 bits per heavy atom. The highest BCUT2D eigenvalue weighted by Crippen LogP contribution is 2.15. The lowest BCUT2D eigenvalue weighted by atomic mass is 10.0. The fourth-order valence-electron chi connectivity index (χ4n) is 2.30. The molecule has 2 rings (SSSR count). The van der Waals surface area contributed by atoms with Gasteiger partial charge in [0.05, 0.1) is 6.61 Å². The van der Waals surface area contributed by atoms with Crippen LogP contribution >= 0.6 is 0 Å². The van der Waals surface area contributed by atoms with Gasteiger partial charge in [-0.25, -0.2) is 0 Å². The summed E-state index contributed by atoms with van der Waals surface area (Å²) in [6.07, 6.45) is 4.62. The van der Waals surface area contributed by atoms with E-state index in [0.717, 1.165) is 32.7 Å². The van der Waals surface area contributed by atoms with Gasteiger partial charge in [0.2, 0.25) is 0 Å². The quantitative estimate of drug-likeness (QED) is 0.846. The third-order valence-electron chi connectivity index (χ3n) is 3.39. The fourth-order valence-corrected chi connectivity index (χ4v) is 2.30. The van der Waals surface area contributed by atoms with Crippen LogP contribution in [-0.4, -0.2) is 41.7 Å². The SMILES string of the molecule is CCN(Cc1ccncc1)C1COCCC1N. The second kappa shape index (κ2) is 6.10. The summed E-state index contributed by atoms with van der Waals surface area (Å²) in [5, 5.41) is 0. The van der Waals surface area contributed by atoms with E-state index in [0.29, 0.717) is 6.04 Å². The van der Waals surface area contributed by atoms with Gasteiger partial charge in [-0.2, -0.15) is 0 Å². The first-order valence-corrected chi connectivity index (χ1v) is 6.27. The monoisotopic (exact) mass is 235 g/mol. The third-order valence-corrected chi connectivity index (χ3v) is 3.39. The molecule has 17 heavy (non-hydrogen) atoms. The number of hydrogen-bond donors (Lipinski definition) is 1. The number of ether oxygens (including phenoxy) is 1. The van der Waals surface area contributed by atoms with E-state index >= 15 is 0 Å². The van der Waals surface area contributed by atoms with Crippen LogP contribution in [0.4, 0.5) is 0 Å². The summed E-state index contributed by atoms with van der Waals surface area (Å²) in [5.74, 6) is 0. The molecular formula is C13H21N3O. The number of likely N-dealkylation sites (N-methyl/N-ethyl adjacent to an activating group) is 1. The zero-order valence-corrected chi connectivity index (χ0v) is 10.4. The van der Waals surface area contributed by atoms with E-state index in [4.69, 9.17) is 10.5 Å².